The summed E-state index contributed by atoms with van der Waals surface area (Å²) in [7, 11) is 0. The molecule has 0 bridgehead atoms. The monoisotopic (exact) mass is 456 g/mol. The molecule has 0 aliphatic carbocycles. The molecule has 6 heteroatoms. The second kappa shape index (κ2) is 9.54. The molecule has 3 rings (SSSR count). The number of benzene rings is 3. The Kier molecular flexibility index (Phi) is 7.04. The normalized spacial score (nSPS) is 10.8. The van der Waals surface area contributed by atoms with Gasteiger partial charge in [-0.25, -0.2) is 0 Å². The number of rotatable bonds is 5. The molecular weight excluding hydrogens is 435 g/mol. The summed E-state index contributed by atoms with van der Waals surface area (Å²) in [6.07, 6.45) is 0. The molecule has 0 saturated carbocycles. The van der Waals surface area contributed by atoms with Crippen molar-refractivity contribution in [2.45, 2.75) is 33.6 Å². The van der Waals surface area contributed by atoms with Gasteiger partial charge in [-0.2, -0.15) is 0 Å². The van der Waals surface area contributed by atoms with Crippen LogP contribution in [0.15, 0.2) is 54.6 Å². The van der Waals surface area contributed by atoms with Crippen molar-refractivity contribution in [2.75, 3.05) is 0 Å². The molecule has 0 saturated heterocycles. The SMILES string of the molecule is CC(=O)Oc1ccc(C(c2ccc(OC(C)=O)c(C)c2)c2ccc(Cl)c(Cl)c2)cc1C. The van der Waals surface area contributed by atoms with Crippen molar-refractivity contribution in [2.24, 2.45) is 0 Å². The Balaban J connectivity index is 2.13. The van der Waals surface area contributed by atoms with Crippen molar-refractivity contribution < 1.29 is 19.1 Å². The fourth-order valence-corrected chi connectivity index (χ4v) is 3.82. The molecule has 0 fully saturated rings. The Morgan fingerprint density at radius 1 is 0.677 bits per heavy atom. The Morgan fingerprint density at radius 2 is 1.10 bits per heavy atom. The van der Waals surface area contributed by atoms with Gasteiger partial charge in [0.2, 0.25) is 0 Å². The fourth-order valence-electron chi connectivity index (χ4n) is 3.51. The topological polar surface area (TPSA) is 52.6 Å². The van der Waals surface area contributed by atoms with E-state index in [9.17, 15) is 9.59 Å². The Morgan fingerprint density at radius 3 is 1.48 bits per heavy atom. The molecule has 0 radical (unpaired) electrons. The van der Waals surface area contributed by atoms with Crippen molar-refractivity contribution in [1.29, 1.82) is 0 Å². The molecular formula is C25H22Cl2O4. The minimum Gasteiger partial charge on any atom is -0.426 e. The van der Waals surface area contributed by atoms with Gasteiger partial charge < -0.3 is 9.47 Å². The average molecular weight is 457 g/mol. The summed E-state index contributed by atoms with van der Waals surface area (Å²) in [6, 6.07) is 16.9. The van der Waals surface area contributed by atoms with Gasteiger partial charge in [0, 0.05) is 19.8 Å². The van der Waals surface area contributed by atoms with E-state index in [0.29, 0.717) is 21.5 Å². The molecule has 4 nitrogen and oxygen atoms in total. The van der Waals surface area contributed by atoms with Gasteiger partial charge in [-0.15, -0.1) is 0 Å². The third-order valence-corrected chi connectivity index (χ3v) is 5.59. The van der Waals surface area contributed by atoms with Crippen LogP contribution in [0.5, 0.6) is 11.5 Å². The van der Waals surface area contributed by atoms with E-state index in [1.54, 1.807) is 18.2 Å². The van der Waals surface area contributed by atoms with Crippen LogP contribution < -0.4 is 9.47 Å². The average Bonchev–Trinajstić information content (AvgIpc) is 2.68. The zero-order valence-electron chi connectivity index (χ0n) is 17.7. The quantitative estimate of drug-likeness (QED) is 0.245. The van der Waals surface area contributed by atoms with E-state index in [-0.39, 0.29) is 17.9 Å². The van der Waals surface area contributed by atoms with E-state index < -0.39 is 0 Å². The number of ether oxygens (including phenoxy) is 2. The number of halogens is 2. The number of aryl methyl sites for hydroxylation is 2. The minimum atomic E-state index is -0.367. The van der Waals surface area contributed by atoms with Crippen LogP contribution in [-0.4, -0.2) is 11.9 Å². The summed E-state index contributed by atoms with van der Waals surface area (Å²) >= 11 is 12.5. The predicted octanol–water partition coefficient (Wildman–Crippen LogP) is 6.64. The van der Waals surface area contributed by atoms with Gasteiger partial charge in [0.1, 0.15) is 11.5 Å². The van der Waals surface area contributed by atoms with Crippen molar-refractivity contribution in [1.82, 2.24) is 0 Å². The molecule has 160 valence electrons. The molecule has 31 heavy (non-hydrogen) atoms. The van der Waals surface area contributed by atoms with E-state index in [1.165, 1.54) is 13.8 Å². The maximum Gasteiger partial charge on any atom is 0.308 e. The van der Waals surface area contributed by atoms with Crippen molar-refractivity contribution in [3.8, 4) is 11.5 Å². The molecule has 0 amide bonds. The van der Waals surface area contributed by atoms with Gasteiger partial charge in [-0.05, 0) is 65.9 Å². The number of carbonyl (C=O) groups is 2. The minimum absolute atomic E-state index is 0.162. The third-order valence-electron chi connectivity index (χ3n) is 4.85. The third kappa shape index (κ3) is 5.46. The predicted molar refractivity (Wildman–Crippen MR) is 122 cm³/mol. The van der Waals surface area contributed by atoms with Crippen LogP contribution in [0.2, 0.25) is 10.0 Å². The van der Waals surface area contributed by atoms with Gasteiger partial charge in [0.05, 0.1) is 10.0 Å². The summed E-state index contributed by atoms with van der Waals surface area (Å²) in [5.41, 5.74) is 4.61. The molecule has 3 aromatic rings. The molecule has 0 aliphatic heterocycles. The van der Waals surface area contributed by atoms with Gasteiger partial charge in [0.15, 0.2) is 0 Å². The van der Waals surface area contributed by atoms with Gasteiger partial charge >= 0.3 is 11.9 Å². The summed E-state index contributed by atoms with van der Waals surface area (Å²) in [5, 5.41) is 0.942. The van der Waals surface area contributed by atoms with E-state index in [2.05, 4.69) is 0 Å². The van der Waals surface area contributed by atoms with Crippen LogP contribution >= 0.6 is 23.2 Å². The van der Waals surface area contributed by atoms with E-state index in [1.807, 2.05) is 50.2 Å². The fraction of sp³-hybridized carbons (Fsp3) is 0.200. The van der Waals surface area contributed by atoms with Crippen LogP contribution in [0.3, 0.4) is 0 Å². The van der Waals surface area contributed by atoms with Gasteiger partial charge in [-0.1, -0.05) is 53.5 Å². The highest BCUT2D eigenvalue weighted by atomic mass is 35.5. The first-order chi connectivity index (χ1) is 14.7. The maximum atomic E-state index is 11.4. The van der Waals surface area contributed by atoms with Crippen LogP contribution in [0.1, 0.15) is 47.6 Å². The number of hydrogen-bond acceptors (Lipinski definition) is 4. The van der Waals surface area contributed by atoms with Crippen LogP contribution in [0.4, 0.5) is 0 Å². The molecule has 0 N–H and O–H groups in total. The second-order valence-electron chi connectivity index (χ2n) is 7.34. The summed E-state index contributed by atoms with van der Waals surface area (Å²) < 4.78 is 10.5. The van der Waals surface area contributed by atoms with Crippen molar-refractivity contribution in [3.05, 3.63) is 92.5 Å². The zero-order valence-corrected chi connectivity index (χ0v) is 19.2. The van der Waals surface area contributed by atoms with Crippen LogP contribution in [0.25, 0.3) is 0 Å². The lowest BCUT2D eigenvalue weighted by Crippen LogP contribution is -2.08. The molecule has 0 aliphatic rings. The van der Waals surface area contributed by atoms with E-state index in [4.69, 9.17) is 32.7 Å². The van der Waals surface area contributed by atoms with E-state index in [0.717, 1.165) is 27.8 Å². The first-order valence-corrected chi connectivity index (χ1v) is 10.4. The second-order valence-corrected chi connectivity index (χ2v) is 8.16. The highest BCUT2D eigenvalue weighted by Crippen LogP contribution is 2.38. The highest BCUT2D eigenvalue weighted by Gasteiger charge is 2.20. The summed E-state index contributed by atoms with van der Waals surface area (Å²) in [6.45, 7) is 6.53. The molecule has 0 aromatic heterocycles. The standard InChI is InChI=1S/C25H22Cl2O4/c1-14-11-18(6-9-23(14)30-16(3)28)25(20-5-8-21(26)22(27)13-20)19-7-10-24(15(2)12-19)31-17(4)29/h5-13,25H,1-4H3. The first kappa shape index (κ1) is 22.9. The van der Waals surface area contributed by atoms with Crippen molar-refractivity contribution >= 4 is 35.1 Å². The van der Waals surface area contributed by atoms with Gasteiger partial charge in [-0.3, -0.25) is 9.59 Å². The Hall–Kier alpha value is -2.82. The molecule has 0 atom stereocenters. The summed E-state index contributed by atoms with van der Waals surface area (Å²) in [4.78, 5) is 22.7. The van der Waals surface area contributed by atoms with Gasteiger partial charge in [0.25, 0.3) is 0 Å². The summed E-state index contributed by atoms with van der Waals surface area (Å²) in [5.74, 6) is 0.142. The van der Waals surface area contributed by atoms with Crippen LogP contribution in [-0.2, 0) is 9.59 Å². The Bertz CT molecular complexity index is 1090. The van der Waals surface area contributed by atoms with Crippen LogP contribution in [0, 0.1) is 13.8 Å². The highest BCUT2D eigenvalue weighted by molar-refractivity contribution is 6.42. The number of carbonyl (C=O) groups excluding carboxylic acids is 2. The molecule has 0 heterocycles. The number of hydrogen-bond donors (Lipinski definition) is 0. The lowest BCUT2D eigenvalue weighted by molar-refractivity contribution is -0.132. The lowest BCUT2D eigenvalue weighted by Gasteiger charge is -2.21. The molecule has 0 unspecified atom stereocenters. The maximum absolute atomic E-state index is 11.4. The molecule has 0 spiro atoms. The number of esters is 2. The largest absolute Gasteiger partial charge is 0.426 e. The Labute approximate surface area is 191 Å². The smallest absolute Gasteiger partial charge is 0.308 e. The van der Waals surface area contributed by atoms with Crippen molar-refractivity contribution in [3.63, 3.8) is 0 Å². The molecule has 3 aromatic carbocycles. The lowest BCUT2D eigenvalue weighted by atomic mass is 9.84. The van der Waals surface area contributed by atoms with E-state index >= 15 is 0 Å². The zero-order chi connectivity index (χ0) is 22.7. The first-order valence-electron chi connectivity index (χ1n) is 9.68.